The Kier molecular flexibility index (Phi) is 9.14. The second-order valence-corrected chi connectivity index (χ2v) is 9.56. The van der Waals surface area contributed by atoms with E-state index in [-0.39, 0.29) is 36.3 Å². The van der Waals surface area contributed by atoms with Crippen LogP contribution in [0.3, 0.4) is 0 Å². The quantitative estimate of drug-likeness (QED) is 0.315. The minimum absolute atomic E-state index is 0.00160. The Labute approximate surface area is 230 Å². The number of hydrogen-bond acceptors (Lipinski definition) is 4. The summed E-state index contributed by atoms with van der Waals surface area (Å²) in [5.41, 5.74) is -3.95. The molecular weight excluding hydrogens is 568 g/mol. The lowest BCUT2D eigenvalue weighted by Crippen LogP contribution is -2.48. The molecule has 41 heavy (non-hydrogen) atoms. The van der Waals surface area contributed by atoms with Gasteiger partial charge in [-0.25, -0.2) is 18.4 Å². The van der Waals surface area contributed by atoms with Gasteiger partial charge in [-0.05, 0) is 67.3 Å². The molecule has 2 amide bonds. The van der Waals surface area contributed by atoms with E-state index in [0.29, 0.717) is 19.1 Å². The van der Waals surface area contributed by atoms with Gasteiger partial charge in [-0.3, -0.25) is 9.80 Å². The molecule has 0 saturated carbocycles. The summed E-state index contributed by atoms with van der Waals surface area (Å²) in [6.45, 7) is 2.90. The van der Waals surface area contributed by atoms with Crippen molar-refractivity contribution < 1.29 is 54.2 Å². The predicted molar refractivity (Wildman–Crippen MR) is 131 cm³/mol. The number of halogens is 8. The maximum Gasteiger partial charge on any atom is 0.416 e. The van der Waals surface area contributed by atoms with Crippen LogP contribution in [0.5, 0.6) is 0 Å². The largest absolute Gasteiger partial charge is 0.453 e. The third kappa shape index (κ3) is 7.02. The standard InChI is InChI=1S/C27H28F8N2O4/c1-5-19-13-22(20-12-16(26(30,31)32)7-8-21(20)37(19)24(39)41-6-2)36(23(38)40-4)14-15-9-17(25(3,28)29)11-18(10-15)27(33,34)35/h7-12,19,22H,5-6,13-14H2,1-4H3/t19-,22+/m1/s1. The zero-order valence-corrected chi connectivity index (χ0v) is 22.5. The maximum absolute atomic E-state index is 14.1. The SMILES string of the molecule is CCOC(=O)N1c2ccc(C(F)(F)F)cc2[C@@H](N(Cc2cc(C(C)(F)F)cc(C(F)(F)F)c2)C(=O)OC)C[C@H]1CC. The first kappa shape index (κ1) is 31.9. The van der Waals surface area contributed by atoms with Crippen LogP contribution < -0.4 is 4.90 Å². The average molecular weight is 597 g/mol. The zero-order valence-electron chi connectivity index (χ0n) is 22.5. The van der Waals surface area contributed by atoms with Crippen molar-refractivity contribution in [1.82, 2.24) is 4.90 Å². The number of alkyl halides is 8. The van der Waals surface area contributed by atoms with E-state index < -0.39 is 65.8 Å². The molecule has 0 radical (unpaired) electrons. The van der Waals surface area contributed by atoms with Gasteiger partial charge in [-0.1, -0.05) is 6.92 Å². The first-order chi connectivity index (χ1) is 18.9. The average Bonchev–Trinajstić information content (AvgIpc) is 2.88. The van der Waals surface area contributed by atoms with Gasteiger partial charge in [0.05, 0.1) is 36.6 Å². The molecule has 14 heteroatoms. The topological polar surface area (TPSA) is 59.1 Å². The van der Waals surface area contributed by atoms with E-state index in [2.05, 4.69) is 0 Å². The van der Waals surface area contributed by atoms with Gasteiger partial charge < -0.3 is 9.47 Å². The summed E-state index contributed by atoms with van der Waals surface area (Å²) in [4.78, 5) is 27.9. The molecule has 3 rings (SSSR count). The number of rotatable bonds is 6. The minimum Gasteiger partial charge on any atom is -0.453 e. The molecule has 0 bridgehead atoms. The van der Waals surface area contributed by atoms with Gasteiger partial charge in [0, 0.05) is 25.1 Å². The third-order valence-electron chi connectivity index (χ3n) is 6.73. The number of carbonyl (C=O) groups excluding carboxylic acids is 2. The van der Waals surface area contributed by atoms with Crippen molar-refractivity contribution in [2.45, 2.75) is 70.5 Å². The Balaban J connectivity index is 2.23. The van der Waals surface area contributed by atoms with Crippen LogP contribution in [0.25, 0.3) is 0 Å². The molecule has 0 N–H and O–H groups in total. The Morgan fingerprint density at radius 3 is 2.05 bits per heavy atom. The number of carbonyl (C=O) groups is 2. The van der Waals surface area contributed by atoms with Gasteiger partial charge in [0.2, 0.25) is 0 Å². The third-order valence-corrected chi connectivity index (χ3v) is 6.73. The second kappa shape index (κ2) is 11.7. The number of amides is 2. The molecule has 6 nitrogen and oxygen atoms in total. The summed E-state index contributed by atoms with van der Waals surface area (Å²) >= 11 is 0. The number of benzene rings is 2. The molecule has 0 aliphatic carbocycles. The van der Waals surface area contributed by atoms with Crippen LogP contribution in [0.15, 0.2) is 36.4 Å². The van der Waals surface area contributed by atoms with Gasteiger partial charge in [-0.2, -0.15) is 26.3 Å². The lowest BCUT2D eigenvalue weighted by molar-refractivity contribution is -0.138. The normalized spacial score (nSPS) is 17.6. The first-order valence-corrected chi connectivity index (χ1v) is 12.5. The number of hydrogen-bond donors (Lipinski definition) is 0. The molecule has 0 fully saturated rings. The molecule has 0 unspecified atom stereocenters. The van der Waals surface area contributed by atoms with Crippen LogP contribution >= 0.6 is 0 Å². The molecule has 1 heterocycles. The lowest BCUT2D eigenvalue weighted by Gasteiger charge is -2.43. The van der Waals surface area contributed by atoms with E-state index >= 15 is 0 Å². The molecule has 0 spiro atoms. The fourth-order valence-electron chi connectivity index (χ4n) is 4.81. The van der Waals surface area contributed by atoms with Crippen molar-refractivity contribution in [2.24, 2.45) is 0 Å². The van der Waals surface area contributed by atoms with Gasteiger partial charge in [0.1, 0.15) is 0 Å². The molecular formula is C27H28F8N2O4. The number of anilines is 1. The van der Waals surface area contributed by atoms with E-state index in [0.717, 1.165) is 36.3 Å². The van der Waals surface area contributed by atoms with Gasteiger partial charge in [0.15, 0.2) is 0 Å². The van der Waals surface area contributed by atoms with Crippen molar-refractivity contribution in [2.75, 3.05) is 18.6 Å². The van der Waals surface area contributed by atoms with Gasteiger partial charge in [-0.15, -0.1) is 0 Å². The zero-order chi connectivity index (χ0) is 30.9. The van der Waals surface area contributed by atoms with Crippen LogP contribution in [0.1, 0.15) is 67.5 Å². The Morgan fingerprint density at radius 1 is 0.927 bits per heavy atom. The van der Waals surface area contributed by atoms with Crippen LogP contribution in [-0.2, 0) is 34.3 Å². The number of nitrogens with zero attached hydrogens (tertiary/aromatic N) is 2. The van der Waals surface area contributed by atoms with Crippen LogP contribution in [0, 0.1) is 0 Å². The van der Waals surface area contributed by atoms with Gasteiger partial charge in [0.25, 0.3) is 5.92 Å². The van der Waals surface area contributed by atoms with Crippen molar-refractivity contribution in [3.8, 4) is 0 Å². The summed E-state index contributed by atoms with van der Waals surface area (Å²) in [5, 5.41) is 0. The fourth-order valence-corrected chi connectivity index (χ4v) is 4.81. The monoisotopic (exact) mass is 596 g/mol. The Hall–Kier alpha value is -3.58. The number of ether oxygens (including phenoxy) is 2. The molecule has 1 aliphatic rings. The Bertz CT molecular complexity index is 1240. The van der Waals surface area contributed by atoms with E-state index in [1.165, 1.54) is 4.90 Å². The van der Waals surface area contributed by atoms with E-state index in [1.54, 1.807) is 13.8 Å². The molecule has 0 saturated heterocycles. The lowest BCUT2D eigenvalue weighted by atomic mass is 9.87. The highest BCUT2D eigenvalue weighted by atomic mass is 19.4. The molecule has 2 atom stereocenters. The molecule has 2 aromatic carbocycles. The van der Waals surface area contributed by atoms with E-state index in [1.807, 2.05) is 0 Å². The van der Waals surface area contributed by atoms with Crippen molar-refractivity contribution in [3.05, 3.63) is 64.2 Å². The molecule has 1 aliphatic heterocycles. The van der Waals surface area contributed by atoms with Crippen molar-refractivity contribution >= 4 is 17.9 Å². The molecule has 226 valence electrons. The predicted octanol–water partition coefficient (Wildman–Crippen LogP) is 8.29. The number of methoxy groups -OCH3 is 1. The summed E-state index contributed by atoms with van der Waals surface area (Å²) < 4.78 is 120. The van der Waals surface area contributed by atoms with Gasteiger partial charge >= 0.3 is 24.5 Å². The fraction of sp³-hybridized carbons (Fsp3) is 0.481. The second-order valence-electron chi connectivity index (χ2n) is 9.56. The first-order valence-electron chi connectivity index (χ1n) is 12.5. The van der Waals surface area contributed by atoms with Crippen molar-refractivity contribution in [3.63, 3.8) is 0 Å². The molecule has 0 aromatic heterocycles. The summed E-state index contributed by atoms with van der Waals surface area (Å²) in [6.07, 6.45) is -11.7. The minimum atomic E-state index is -5.00. The number of fused-ring (bicyclic) bond motifs is 1. The maximum atomic E-state index is 14.1. The van der Waals surface area contributed by atoms with Crippen LogP contribution in [0.4, 0.5) is 50.4 Å². The molecule has 2 aromatic rings. The Morgan fingerprint density at radius 2 is 1.54 bits per heavy atom. The highest BCUT2D eigenvalue weighted by molar-refractivity contribution is 5.90. The van der Waals surface area contributed by atoms with Crippen LogP contribution in [0.2, 0.25) is 0 Å². The highest BCUT2D eigenvalue weighted by Crippen LogP contribution is 2.45. The van der Waals surface area contributed by atoms with E-state index in [9.17, 15) is 44.7 Å². The summed E-state index contributed by atoms with van der Waals surface area (Å²) in [6, 6.07) is 2.29. The highest BCUT2D eigenvalue weighted by Gasteiger charge is 2.43. The van der Waals surface area contributed by atoms with E-state index in [4.69, 9.17) is 9.47 Å². The van der Waals surface area contributed by atoms with Crippen LogP contribution in [-0.4, -0.2) is 36.8 Å². The summed E-state index contributed by atoms with van der Waals surface area (Å²) in [5.74, 6) is -3.67. The van der Waals surface area contributed by atoms with Crippen molar-refractivity contribution in [1.29, 1.82) is 0 Å². The summed E-state index contributed by atoms with van der Waals surface area (Å²) in [7, 11) is 0.963. The smallest absolute Gasteiger partial charge is 0.416 e.